The lowest BCUT2D eigenvalue weighted by atomic mass is 9.91. The van der Waals surface area contributed by atoms with E-state index >= 15 is 0 Å². The second-order valence-corrected chi connectivity index (χ2v) is 23.6. The fourth-order valence-corrected chi connectivity index (χ4v) is 5.24. The monoisotopic (exact) mass is 1110 g/mol. The van der Waals surface area contributed by atoms with E-state index < -0.39 is 0 Å². The minimum absolute atomic E-state index is 0.0411. The summed E-state index contributed by atoms with van der Waals surface area (Å²) in [5.41, 5.74) is -0.584. The summed E-state index contributed by atoms with van der Waals surface area (Å²) in [6.45, 7) is 39.1. The molecule has 0 spiro atoms. The smallest absolute Gasteiger partial charge is 0.311 e. The molecule has 0 radical (unpaired) electrons. The van der Waals surface area contributed by atoms with Gasteiger partial charge in [-0.3, -0.25) is 19.2 Å². The number of hydrogen-bond acceptors (Lipinski definition) is 16. The average Bonchev–Trinajstić information content (AvgIpc) is 3.34. The molecule has 77 heavy (non-hydrogen) atoms. The van der Waals surface area contributed by atoms with Crippen LogP contribution in [0, 0.1) is 11.3 Å². The molecule has 0 aliphatic carbocycles. The summed E-state index contributed by atoms with van der Waals surface area (Å²) < 4.78 is 31.9. The van der Waals surface area contributed by atoms with Gasteiger partial charge in [0.25, 0.3) is 0 Å². The van der Waals surface area contributed by atoms with E-state index in [1.54, 1.807) is 0 Å². The Morgan fingerprint density at radius 2 is 0.779 bits per heavy atom. The zero-order chi connectivity index (χ0) is 61.2. The van der Waals surface area contributed by atoms with Gasteiger partial charge >= 0.3 is 23.9 Å². The summed E-state index contributed by atoms with van der Waals surface area (Å²) in [6.07, 6.45) is 13.0. The second-order valence-electron chi connectivity index (χ2n) is 23.6. The molecule has 0 fully saturated rings. The highest BCUT2D eigenvalue weighted by atomic mass is 16.6. The van der Waals surface area contributed by atoms with E-state index in [4.69, 9.17) is 28.4 Å². The first-order valence-electron chi connectivity index (χ1n) is 29.4. The van der Waals surface area contributed by atoms with Crippen LogP contribution >= 0.6 is 0 Å². The van der Waals surface area contributed by atoms with Crippen LogP contribution in [0.25, 0.3) is 0 Å². The minimum atomic E-state index is -0.335. The quantitative estimate of drug-likeness (QED) is 0.0333. The molecular formula is C61H132N6O10. The predicted molar refractivity (Wildman–Crippen MR) is 326 cm³/mol. The van der Waals surface area contributed by atoms with Crippen molar-refractivity contribution < 1.29 is 47.6 Å². The molecular weight excluding hydrogens is 977 g/mol. The molecule has 0 aromatic carbocycles. The molecule has 3 unspecified atom stereocenters. The van der Waals surface area contributed by atoms with Gasteiger partial charge in [-0.2, -0.15) is 0 Å². The highest BCUT2D eigenvalue weighted by molar-refractivity contribution is 5.75. The van der Waals surface area contributed by atoms with Gasteiger partial charge in [-0.15, -0.1) is 0 Å². The normalized spacial score (nSPS) is 12.6. The molecule has 0 N–H and O–H groups in total. The average molecular weight is 1110 g/mol. The largest absolute Gasteiger partial charge is 0.465 e. The Hall–Kier alpha value is -2.44. The molecule has 16 heteroatoms. The molecule has 0 amide bonds. The Kier molecular flexibility index (Phi) is 60.4. The first-order chi connectivity index (χ1) is 35.5. The molecule has 0 bridgehead atoms. The standard InChI is InChI=1S/2C11H23NO2.2C10H21NO2.C10H23NO.C9H21NO/c1-6-11(2,3)10(13)14-9-7-8-12(4)5;1-6-11(2,3)14-10(13)8-7-9-12(4)5;1-5-9(2)10(12)13-8-6-7-11(3)4;1-5-9(2)13-10(12)7-6-8-11(3)4;1-6-10(2,3)12-9-7-8-11(4)5;1-5-9(2)11-8-6-7-10(3)4/h2*6-9H2,1-5H3;2*9H,5-8H2,1-4H3;6-9H2,1-5H3;9H,5-8H2,1-4H3. The highest BCUT2D eigenvalue weighted by Crippen LogP contribution is 2.21. The van der Waals surface area contributed by atoms with Crippen LogP contribution in [-0.4, -0.2) is 227 Å². The molecule has 0 aliphatic rings. The van der Waals surface area contributed by atoms with Crippen molar-refractivity contribution in [2.24, 2.45) is 11.3 Å². The number of ether oxygens (including phenoxy) is 6. The van der Waals surface area contributed by atoms with E-state index in [0.29, 0.717) is 32.2 Å². The van der Waals surface area contributed by atoms with Crippen molar-refractivity contribution >= 4 is 23.9 Å². The molecule has 0 aromatic rings. The summed E-state index contributed by atoms with van der Waals surface area (Å²) in [5.74, 6) is -0.269. The van der Waals surface area contributed by atoms with Crippen LogP contribution in [0.4, 0.5) is 0 Å². The SMILES string of the molecule is CCC(C)(C)C(=O)OCCCN(C)C.CCC(C)(C)OC(=O)CCCN(C)C.CCC(C)(C)OCCCN(C)C.CCC(C)C(=O)OCCCN(C)C.CCC(C)OC(=O)CCCN(C)C.CCC(C)OCCCN(C)C. The van der Waals surface area contributed by atoms with Crippen LogP contribution in [0.2, 0.25) is 0 Å². The lowest BCUT2D eigenvalue weighted by Gasteiger charge is -2.23. The fourth-order valence-electron chi connectivity index (χ4n) is 5.24. The third-order valence-corrected chi connectivity index (χ3v) is 12.4. The summed E-state index contributed by atoms with van der Waals surface area (Å²) >= 11 is 0. The lowest BCUT2D eigenvalue weighted by molar-refractivity contribution is -0.157. The minimum Gasteiger partial charge on any atom is -0.465 e. The topological polar surface area (TPSA) is 143 Å². The Bertz CT molecular complexity index is 1340. The van der Waals surface area contributed by atoms with Crippen LogP contribution in [0.3, 0.4) is 0 Å². The zero-order valence-corrected chi connectivity index (χ0v) is 56.0. The van der Waals surface area contributed by atoms with Crippen LogP contribution in [0.1, 0.15) is 194 Å². The molecule has 466 valence electrons. The van der Waals surface area contributed by atoms with Crippen molar-refractivity contribution in [3.05, 3.63) is 0 Å². The molecule has 0 rings (SSSR count). The van der Waals surface area contributed by atoms with Crippen molar-refractivity contribution in [1.29, 1.82) is 0 Å². The van der Waals surface area contributed by atoms with Gasteiger partial charge in [-0.1, -0.05) is 48.5 Å². The Labute approximate surface area is 478 Å². The molecule has 0 aromatic heterocycles. The van der Waals surface area contributed by atoms with Crippen molar-refractivity contribution in [2.45, 2.75) is 217 Å². The van der Waals surface area contributed by atoms with E-state index in [-0.39, 0.29) is 52.5 Å². The molecule has 0 saturated carbocycles. The fraction of sp³-hybridized carbons (Fsp3) is 0.934. The van der Waals surface area contributed by atoms with Gasteiger partial charge in [0.1, 0.15) is 5.60 Å². The van der Waals surface area contributed by atoms with Gasteiger partial charge in [0.2, 0.25) is 0 Å². The van der Waals surface area contributed by atoms with Gasteiger partial charge in [0.15, 0.2) is 0 Å². The Morgan fingerprint density at radius 3 is 1.14 bits per heavy atom. The number of nitrogens with zero attached hydrogens (tertiary/aromatic N) is 6. The van der Waals surface area contributed by atoms with Crippen molar-refractivity contribution in [2.75, 3.05) is 150 Å². The van der Waals surface area contributed by atoms with Crippen molar-refractivity contribution in [3.8, 4) is 0 Å². The third kappa shape index (κ3) is 71.5. The van der Waals surface area contributed by atoms with Crippen molar-refractivity contribution in [3.63, 3.8) is 0 Å². The van der Waals surface area contributed by atoms with E-state index in [1.807, 2.05) is 126 Å². The van der Waals surface area contributed by atoms with Gasteiger partial charge < -0.3 is 57.8 Å². The molecule has 0 aliphatic heterocycles. The molecule has 0 saturated heterocycles. The number of rotatable bonds is 36. The predicted octanol–water partition coefficient (Wildman–Crippen LogP) is 11.1. The number of carbonyl (C=O) groups excluding carboxylic acids is 4. The maximum atomic E-state index is 11.5. The van der Waals surface area contributed by atoms with Gasteiger partial charge in [0.05, 0.1) is 42.4 Å². The highest BCUT2D eigenvalue weighted by Gasteiger charge is 2.26. The first kappa shape index (κ1) is 85.8. The molecule has 16 nitrogen and oxygen atoms in total. The van der Waals surface area contributed by atoms with Gasteiger partial charge in [-0.05, 0) is 243 Å². The second kappa shape index (κ2) is 54.2. The summed E-state index contributed by atoms with van der Waals surface area (Å²) in [6, 6.07) is 0. The maximum absolute atomic E-state index is 11.5. The number of hydrogen-bond donors (Lipinski definition) is 0. The van der Waals surface area contributed by atoms with Gasteiger partial charge in [0, 0.05) is 39.1 Å². The van der Waals surface area contributed by atoms with E-state index in [9.17, 15) is 19.2 Å². The van der Waals surface area contributed by atoms with Crippen LogP contribution in [0.15, 0.2) is 0 Å². The Balaban J connectivity index is -0.000000197. The van der Waals surface area contributed by atoms with Crippen LogP contribution in [-0.2, 0) is 47.6 Å². The number of carbonyl (C=O) groups is 4. The lowest BCUT2D eigenvalue weighted by Crippen LogP contribution is -2.27. The van der Waals surface area contributed by atoms with E-state index in [2.05, 4.69) is 92.2 Å². The van der Waals surface area contributed by atoms with E-state index in [1.165, 1.54) is 0 Å². The summed E-state index contributed by atoms with van der Waals surface area (Å²) in [7, 11) is 24.4. The van der Waals surface area contributed by atoms with Crippen molar-refractivity contribution in [1.82, 2.24) is 29.4 Å². The van der Waals surface area contributed by atoms with Crippen LogP contribution in [0.5, 0.6) is 0 Å². The summed E-state index contributed by atoms with van der Waals surface area (Å²) in [4.78, 5) is 57.9. The number of esters is 4. The van der Waals surface area contributed by atoms with E-state index in [0.717, 1.165) is 130 Å². The Morgan fingerprint density at radius 1 is 0.416 bits per heavy atom. The summed E-state index contributed by atoms with van der Waals surface area (Å²) in [5, 5.41) is 0. The van der Waals surface area contributed by atoms with Crippen LogP contribution < -0.4 is 0 Å². The molecule has 0 heterocycles. The third-order valence-electron chi connectivity index (χ3n) is 12.4. The maximum Gasteiger partial charge on any atom is 0.311 e. The van der Waals surface area contributed by atoms with Gasteiger partial charge in [-0.25, -0.2) is 0 Å². The zero-order valence-electron chi connectivity index (χ0n) is 56.0. The first-order valence-corrected chi connectivity index (χ1v) is 29.4. The molecule has 3 atom stereocenters.